The molecule has 33 heavy (non-hydrogen) atoms. The van der Waals surface area contributed by atoms with Crippen molar-refractivity contribution in [3.05, 3.63) is 102 Å². The molecule has 0 radical (unpaired) electrons. The molecule has 5 aromatic rings. The van der Waals surface area contributed by atoms with Crippen molar-refractivity contribution in [3.63, 3.8) is 0 Å². The average molecular weight is 453 g/mol. The number of hydrogen-bond acceptors (Lipinski definition) is 5. The third-order valence-electron chi connectivity index (χ3n) is 5.27. The number of hydrazone groups is 1. The number of amides is 1. The van der Waals surface area contributed by atoms with Crippen molar-refractivity contribution in [2.24, 2.45) is 5.10 Å². The lowest BCUT2D eigenvalue weighted by atomic mass is 10.0. The highest BCUT2D eigenvalue weighted by molar-refractivity contribution is 7.98. The van der Waals surface area contributed by atoms with E-state index in [2.05, 4.69) is 20.5 Å². The Balaban J connectivity index is 1.21. The van der Waals surface area contributed by atoms with Crippen LogP contribution in [0, 0.1) is 0 Å². The number of fused-ring (bicyclic) bond motifs is 2. The molecule has 6 nitrogen and oxygen atoms in total. The number of phenols is 1. The minimum absolute atomic E-state index is 0.109. The molecule has 1 heterocycles. The van der Waals surface area contributed by atoms with Gasteiger partial charge in [-0.15, -0.1) is 0 Å². The fourth-order valence-electron chi connectivity index (χ4n) is 3.54. The van der Waals surface area contributed by atoms with Crippen molar-refractivity contribution in [2.75, 3.05) is 0 Å². The van der Waals surface area contributed by atoms with Crippen LogP contribution < -0.4 is 5.43 Å². The number of phenolic OH excluding ortho intramolecular Hbond substituents is 1. The lowest BCUT2D eigenvalue weighted by Gasteiger charge is -2.05. The number of imidazole rings is 1. The Morgan fingerprint density at radius 3 is 2.64 bits per heavy atom. The minimum atomic E-state index is -0.317. The average Bonchev–Trinajstić information content (AvgIpc) is 3.27. The van der Waals surface area contributed by atoms with Crippen molar-refractivity contribution in [1.82, 2.24) is 15.4 Å². The van der Waals surface area contributed by atoms with Gasteiger partial charge in [-0.05, 0) is 46.7 Å². The monoisotopic (exact) mass is 452 g/mol. The van der Waals surface area contributed by atoms with Gasteiger partial charge in [-0.25, -0.2) is 10.4 Å². The molecular weight excluding hydrogens is 432 g/mol. The van der Waals surface area contributed by atoms with Gasteiger partial charge < -0.3 is 10.1 Å². The molecule has 5 rings (SSSR count). The van der Waals surface area contributed by atoms with Gasteiger partial charge in [0.05, 0.1) is 17.2 Å². The van der Waals surface area contributed by atoms with Crippen LogP contribution in [0.3, 0.4) is 0 Å². The quantitative estimate of drug-likeness (QED) is 0.181. The second-order valence-electron chi connectivity index (χ2n) is 7.46. The normalized spacial score (nSPS) is 11.4. The molecule has 4 aromatic carbocycles. The van der Waals surface area contributed by atoms with Gasteiger partial charge in [0.1, 0.15) is 5.75 Å². The van der Waals surface area contributed by atoms with Gasteiger partial charge in [0.25, 0.3) is 5.91 Å². The zero-order valence-corrected chi connectivity index (χ0v) is 18.3. The van der Waals surface area contributed by atoms with Gasteiger partial charge in [0.2, 0.25) is 0 Å². The number of hydrogen-bond donors (Lipinski definition) is 3. The summed E-state index contributed by atoms with van der Waals surface area (Å²) in [5.41, 5.74) is 6.65. The summed E-state index contributed by atoms with van der Waals surface area (Å²) in [6.45, 7) is 0. The van der Waals surface area contributed by atoms with Crippen LogP contribution in [0.5, 0.6) is 5.75 Å². The van der Waals surface area contributed by atoms with Crippen molar-refractivity contribution in [2.45, 2.75) is 10.9 Å². The van der Waals surface area contributed by atoms with Gasteiger partial charge in [-0.3, -0.25) is 4.79 Å². The van der Waals surface area contributed by atoms with Crippen LogP contribution in [0.15, 0.2) is 95.2 Å². The first-order valence-electron chi connectivity index (χ1n) is 10.4. The fourth-order valence-corrected chi connectivity index (χ4v) is 4.38. The molecule has 0 spiro atoms. The SMILES string of the molecule is O=C(NN=Cc1c(O)ccc2ccccc12)c1ccc(CSc2nc3ccccc3[nH]2)cc1. The van der Waals surface area contributed by atoms with Crippen LogP contribution in [-0.2, 0) is 5.75 Å². The number of para-hydroxylation sites is 2. The molecule has 3 N–H and O–H groups in total. The summed E-state index contributed by atoms with van der Waals surface area (Å²) < 4.78 is 0. The maximum absolute atomic E-state index is 12.5. The zero-order valence-electron chi connectivity index (χ0n) is 17.5. The summed E-state index contributed by atoms with van der Waals surface area (Å²) in [4.78, 5) is 20.3. The fraction of sp³-hybridized carbons (Fsp3) is 0.0385. The van der Waals surface area contributed by atoms with Gasteiger partial charge in [0.15, 0.2) is 5.16 Å². The summed E-state index contributed by atoms with van der Waals surface area (Å²) >= 11 is 1.61. The topological polar surface area (TPSA) is 90.4 Å². The largest absolute Gasteiger partial charge is 0.507 e. The smallest absolute Gasteiger partial charge is 0.271 e. The minimum Gasteiger partial charge on any atom is -0.507 e. The summed E-state index contributed by atoms with van der Waals surface area (Å²) in [5.74, 6) is 0.528. The van der Waals surface area contributed by atoms with E-state index in [0.717, 1.165) is 38.3 Å². The van der Waals surface area contributed by atoms with Crippen molar-refractivity contribution in [3.8, 4) is 5.75 Å². The Labute approximate surface area is 194 Å². The Bertz CT molecular complexity index is 1440. The number of aromatic amines is 1. The number of rotatable bonds is 6. The molecule has 0 bridgehead atoms. The van der Waals surface area contributed by atoms with E-state index in [0.29, 0.717) is 11.1 Å². The molecule has 1 amide bonds. The molecule has 0 fully saturated rings. The molecule has 0 aliphatic carbocycles. The molecule has 0 aliphatic heterocycles. The zero-order chi connectivity index (χ0) is 22.6. The van der Waals surface area contributed by atoms with Gasteiger partial charge >= 0.3 is 0 Å². The van der Waals surface area contributed by atoms with Gasteiger partial charge in [-0.1, -0.05) is 66.4 Å². The lowest BCUT2D eigenvalue weighted by molar-refractivity contribution is 0.0955. The Kier molecular flexibility index (Phi) is 5.78. The molecule has 0 atom stereocenters. The number of aromatic nitrogens is 2. The third-order valence-corrected chi connectivity index (χ3v) is 6.21. The Morgan fingerprint density at radius 2 is 1.79 bits per heavy atom. The maximum atomic E-state index is 12.5. The predicted molar refractivity (Wildman–Crippen MR) is 133 cm³/mol. The maximum Gasteiger partial charge on any atom is 0.271 e. The molecule has 0 saturated heterocycles. The van der Waals surface area contributed by atoms with Crippen molar-refractivity contribution >= 4 is 45.7 Å². The Hall–Kier alpha value is -4.10. The number of aromatic hydroxyl groups is 1. The number of carbonyl (C=O) groups excluding carboxylic acids is 1. The highest BCUT2D eigenvalue weighted by Crippen LogP contribution is 2.25. The van der Waals surface area contributed by atoms with E-state index in [-0.39, 0.29) is 11.7 Å². The standard InChI is InChI=1S/C26H20N4O2S/c31-24-14-13-18-5-1-2-6-20(18)21(24)15-27-30-25(32)19-11-9-17(10-12-19)16-33-26-28-22-7-3-4-8-23(22)29-26/h1-15,31H,16H2,(H,28,29)(H,30,32). The molecular formula is C26H20N4O2S. The van der Waals surface area contributed by atoms with Crippen LogP contribution in [0.25, 0.3) is 21.8 Å². The van der Waals surface area contributed by atoms with E-state index >= 15 is 0 Å². The highest BCUT2D eigenvalue weighted by atomic mass is 32.2. The first kappa shape index (κ1) is 20.8. The summed E-state index contributed by atoms with van der Waals surface area (Å²) in [6.07, 6.45) is 1.47. The highest BCUT2D eigenvalue weighted by Gasteiger charge is 2.08. The molecule has 7 heteroatoms. The second kappa shape index (κ2) is 9.18. The van der Waals surface area contributed by atoms with Crippen LogP contribution in [0.4, 0.5) is 0 Å². The van der Waals surface area contributed by atoms with Crippen LogP contribution in [0.2, 0.25) is 0 Å². The predicted octanol–water partition coefficient (Wildman–Crippen LogP) is 5.48. The van der Waals surface area contributed by atoms with Crippen molar-refractivity contribution < 1.29 is 9.90 Å². The lowest BCUT2D eigenvalue weighted by Crippen LogP contribution is -2.17. The number of benzene rings is 4. The van der Waals surface area contributed by atoms with Crippen LogP contribution >= 0.6 is 11.8 Å². The number of H-pyrrole nitrogens is 1. The van der Waals surface area contributed by atoms with Crippen LogP contribution in [0.1, 0.15) is 21.5 Å². The number of nitrogens with one attached hydrogen (secondary N) is 2. The molecule has 162 valence electrons. The van der Waals surface area contributed by atoms with Gasteiger partial charge in [-0.2, -0.15) is 5.10 Å². The summed E-state index contributed by atoms with van der Waals surface area (Å²) in [7, 11) is 0. The van der Waals surface area contributed by atoms with E-state index in [1.54, 1.807) is 30.0 Å². The van der Waals surface area contributed by atoms with Crippen LogP contribution in [-0.4, -0.2) is 27.2 Å². The first-order valence-corrected chi connectivity index (χ1v) is 11.4. The third kappa shape index (κ3) is 4.58. The Morgan fingerprint density at radius 1 is 1.00 bits per heavy atom. The number of thioether (sulfide) groups is 1. The molecule has 0 aliphatic rings. The van der Waals surface area contributed by atoms with E-state index in [4.69, 9.17) is 0 Å². The molecule has 0 unspecified atom stereocenters. The molecule has 0 saturated carbocycles. The number of nitrogens with zero attached hydrogens (tertiary/aromatic N) is 2. The van der Waals surface area contributed by atoms with E-state index in [1.807, 2.05) is 66.7 Å². The van der Waals surface area contributed by atoms with E-state index < -0.39 is 0 Å². The molecule has 1 aromatic heterocycles. The van der Waals surface area contributed by atoms with Crippen molar-refractivity contribution in [1.29, 1.82) is 0 Å². The second-order valence-corrected chi connectivity index (χ2v) is 8.43. The number of carbonyl (C=O) groups is 1. The van der Waals surface area contributed by atoms with E-state index in [9.17, 15) is 9.90 Å². The van der Waals surface area contributed by atoms with Gasteiger partial charge in [0, 0.05) is 16.9 Å². The first-order chi connectivity index (χ1) is 16.2. The summed E-state index contributed by atoms with van der Waals surface area (Å²) in [5, 5.41) is 16.9. The van der Waals surface area contributed by atoms with E-state index in [1.165, 1.54) is 6.21 Å². The summed E-state index contributed by atoms with van der Waals surface area (Å²) in [6, 6.07) is 26.5.